The predicted octanol–water partition coefficient (Wildman–Crippen LogP) is 4.40. The average Bonchev–Trinajstić information content (AvgIpc) is 2.39. The fourth-order valence-electron chi connectivity index (χ4n) is 1.63. The van der Waals surface area contributed by atoms with Gasteiger partial charge in [0.15, 0.2) is 11.6 Å². The molecule has 5 heteroatoms. The van der Waals surface area contributed by atoms with Crippen molar-refractivity contribution in [3.8, 4) is 6.07 Å². The van der Waals surface area contributed by atoms with Crippen molar-refractivity contribution in [2.75, 3.05) is 5.32 Å². The van der Waals surface area contributed by atoms with Gasteiger partial charge in [-0.25, -0.2) is 8.78 Å². The van der Waals surface area contributed by atoms with E-state index in [0.29, 0.717) is 11.3 Å². The van der Waals surface area contributed by atoms with Gasteiger partial charge < -0.3 is 5.32 Å². The van der Waals surface area contributed by atoms with Crippen LogP contribution in [0.1, 0.15) is 11.6 Å². The molecule has 0 spiro atoms. The number of rotatable bonds is 3. The Labute approximate surface area is 117 Å². The van der Waals surface area contributed by atoms with Gasteiger partial charge in [0.25, 0.3) is 0 Å². The van der Waals surface area contributed by atoms with Crippen LogP contribution in [0.15, 0.2) is 46.9 Å². The van der Waals surface area contributed by atoms with Crippen LogP contribution in [0.4, 0.5) is 14.5 Å². The smallest absolute Gasteiger partial charge is 0.159 e. The minimum absolute atomic E-state index is 0.376. The summed E-state index contributed by atoms with van der Waals surface area (Å²) >= 11 is 3.32. The quantitative estimate of drug-likeness (QED) is 0.908. The van der Waals surface area contributed by atoms with Crippen LogP contribution in [0.3, 0.4) is 0 Å². The van der Waals surface area contributed by atoms with Crippen molar-refractivity contribution in [3.63, 3.8) is 0 Å². The van der Waals surface area contributed by atoms with E-state index in [1.807, 2.05) is 18.2 Å². The summed E-state index contributed by atoms with van der Waals surface area (Å²) in [6.45, 7) is 0. The van der Waals surface area contributed by atoms with Gasteiger partial charge >= 0.3 is 0 Å². The van der Waals surface area contributed by atoms with Crippen LogP contribution < -0.4 is 5.32 Å². The van der Waals surface area contributed by atoms with E-state index < -0.39 is 17.7 Å². The predicted molar refractivity (Wildman–Crippen MR) is 72.5 cm³/mol. The molecule has 0 saturated carbocycles. The lowest BCUT2D eigenvalue weighted by Gasteiger charge is -2.13. The highest BCUT2D eigenvalue weighted by molar-refractivity contribution is 9.10. The first-order chi connectivity index (χ1) is 9.10. The average molecular weight is 323 g/mol. The lowest BCUT2D eigenvalue weighted by molar-refractivity contribution is 0.507. The number of nitriles is 1. The first-order valence-corrected chi connectivity index (χ1v) is 6.26. The molecule has 2 aromatic carbocycles. The Morgan fingerprint density at radius 1 is 1.11 bits per heavy atom. The molecule has 0 aliphatic carbocycles. The molecule has 0 aliphatic rings. The van der Waals surface area contributed by atoms with Crippen molar-refractivity contribution in [2.24, 2.45) is 0 Å². The van der Waals surface area contributed by atoms with Crippen molar-refractivity contribution < 1.29 is 8.78 Å². The summed E-state index contributed by atoms with van der Waals surface area (Å²) in [4.78, 5) is 0. The Bertz CT molecular complexity index is 638. The summed E-state index contributed by atoms with van der Waals surface area (Å²) < 4.78 is 26.9. The third kappa shape index (κ3) is 3.30. The third-order valence-corrected chi connectivity index (χ3v) is 3.03. The minimum Gasteiger partial charge on any atom is -0.366 e. The third-order valence-electron chi connectivity index (χ3n) is 2.54. The van der Waals surface area contributed by atoms with E-state index in [-0.39, 0.29) is 0 Å². The molecule has 0 aromatic heterocycles. The molecule has 0 saturated heterocycles. The van der Waals surface area contributed by atoms with Gasteiger partial charge in [-0.1, -0.05) is 28.1 Å². The van der Waals surface area contributed by atoms with Crippen LogP contribution in [0.2, 0.25) is 0 Å². The van der Waals surface area contributed by atoms with Crippen molar-refractivity contribution in [2.45, 2.75) is 6.04 Å². The fraction of sp³-hybridized carbons (Fsp3) is 0.0714. The van der Waals surface area contributed by atoms with Crippen molar-refractivity contribution in [3.05, 3.63) is 64.1 Å². The molecule has 1 N–H and O–H groups in total. The van der Waals surface area contributed by atoms with Gasteiger partial charge in [-0.15, -0.1) is 0 Å². The molecule has 0 aliphatic heterocycles. The topological polar surface area (TPSA) is 35.8 Å². The van der Waals surface area contributed by atoms with Crippen LogP contribution >= 0.6 is 15.9 Å². The first kappa shape index (κ1) is 13.5. The Morgan fingerprint density at radius 2 is 1.89 bits per heavy atom. The van der Waals surface area contributed by atoms with Crippen LogP contribution in [0, 0.1) is 23.0 Å². The maximum Gasteiger partial charge on any atom is 0.159 e. The fourth-order valence-corrected chi connectivity index (χ4v) is 2.03. The molecule has 2 aromatic rings. The molecule has 1 unspecified atom stereocenters. The lowest BCUT2D eigenvalue weighted by atomic mass is 10.1. The van der Waals surface area contributed by atoms with Crippen LogP contribution in [-0.4, -0.2) is 0 Å². The van der Waals surface area contributed by atoms with Gasteiger partial charge in [0.05, 0.1) is 6.07 Å². The summed E-state index contributed by atoms with van der Waals surface area (Å²) in [5, 5.41) is 12.1. The Kier molecular flexibility index (Phi) is 4.13. The lowest BCUT2D eigenvalue weighted by Crippen LogP contribution is -2.09. The monoisotopic (exact) mass is 322 g/mol. The molecular formula is C14H9BrF2N2. The van der Waals surface area contributed by atoms with Crippen LogP contribution in [-0.2, 0) is 0 Å². The molecule has 1 atom stereocenters. The minimum atomic E-state index is -0.964. The van der Waals surface area contributed by atoms with E-state index >= 15 is 0 Å². The Morgan fingerprint density at radius 3 is 2.53 bits per heavy atom. The highest BCUT2D eigenvalue weighted by Crippen LogP contribution is 2.23. The van der Waals surface area contributed by atoms with Gasteiger partial charge in [-0.3, -0.25) is 0 Å². The number of hydrogen-bond donors (Lipinski definition) is 1. The van der Waals surface area contributed by atoms with Gasteiger partial charge in [0.1, 0.15) is 6.04 Å². The summed E-state index contributed by atoms with van der Waals surface area (Å²) in [7, 11) is 0. The largest absolute Gasteiger partial charge is 0.366 e. The molecule has 0 radical (unpaired) electrons. The molecule has 0 heterocycles. The summed E-state index contributed by atoms with van der Waals surface area (Å²) in [6, 6.07) is 11.9. The van der Waals surface area contributed by atoms with E-state index in [9.17, 15) is 8.78 Å². The highest BCUT2D eigenvalue weighted by atomic mass is 79.9. The van der Waals surface area contributed by atoms with Gasteiger partial charge in [0.2, 0.25) is 0 Å². The molecule has 2 nitrogen and oxygen atoms in total. The standard InChI is InChI=1S/C14H9BrF2N2/c15-10-2-1-3-11(7-10)19-14(8-18)9-4-5-12(16)13(17)6-9/h1-7,14,19H. The van der Waals surface area contributed by atoms with Crippen LogP contribution in [0.5, 0.6) is 0 Å². The van der Waals surface area contributed by atoms with Crippen molar-refractivity contribution in [1.29, 1.82) is 5.26 Å². The molecule has 96 valence electrons. The number of halogens is 3. The summed E-state index contributed by atoms with van der Waals surface area (Å²) in [5.74, 6) is -1.89. The normalized spacial score (nSPS) is 11.7. The van der Waals surface area contributed by atoms with Crippen molar-refractivity contribution in [1.82, 2.24) is 0 Å². The number of hydrogen-bond acceptors (Lipinski definition) is 2. The van der Waals surface area contributed by atoms with E-state index in [1.54, 1.807) is 12.1 Å². The zero-order valence-electron chi connectivity index (χ0n) is 9.70. The summed E-state index contributed by atoms with van der Waals surface area (Å²) in [5.41, 5.74) is 1.09. The van der Waals surface area contributed by atoms with Gasteiger partial charge in [-0.2, -0.15) is 5.26 Å². The first-order valence-electron chi connectivity index (χ1n) is 5.47. The molecule has 2 rings (SSSR count). The van der Waals surface area contributed by atoms with E-state index in [4.69, 9.17) is 5.26 Å². The second-order valence-electron chi connectivity index (χ2n) is 3.89. The molecular weight excluding hydrogens is 314 g/mol. The van der Waals surface area contributed by atoms with Crippen LogP contribution in [0.25, 0.3) is 0 Å². The van der Waals surface area contributed by atoms with Gasteiger partial charge in [0, 0.05) is 10.2 Å². The Hall–Kier alpha value is -1.93. The maximum absolute atomic E-state index is 13.2. The highest BCUT2D eigenvalue weighted by Gasteiger charge is 2.13. The molecule has 0 bridgehead atoms. The number of benzene rings is 2. The second-order valence-corrected chi connectivity index (χ2v) is 4.81. The van der Waals surface area contributed by atoms with E-state index in [2.05, 4.69) is 21.2 Å². The van der Waals surface area contributed by atoms with Gasteiger partial charge in [-0.05, 0) is 35.9 Å². The van der Waals surface area contributed by atoms with E-state index in [1.165, 1.54) is 6.07 Å². The molecule has 0 fully saturated rings. The molecule has 0 amide bonds. The van der Waals surface area contributed by atoms with E-state index in [0.717, 1.165) is 16.6 Å². The van der Waals surface area contributed by atoms with Crippen molar-refractivity contribution >= 4 is 21.6 Å². The SMILES string of the molecule is N#CC(Nc1cccc(Br)c1)c1ccc(F)c(F)c1. The number of nitrogens with one attached hydrogen (secondary N) is 1. The second kappa shape index (κ2) is 5.81. The zero-order chi connectivity index (χ0) is 13.8. The Balaban J connectivity index is 2.25. The molecule has 19 heavy (non-hydrogen) atoms. The number of nitrogens with zero attached hydrogens (tertiary/aromatic N) is 1. The zero-order valence-corrected chi connectivity index (χ0v) is 11.3. The number of anilines is 1. The maximum atomic E-state index is 13.2. The summed E-state index contributed by atoms with van der Waals surface area (Å²) in [6.07, 6.45) is 0.